The van der Waals surface area contributed by atoms with E-state index in [1.54, 1.807) is 0 Å². The molecule has 4 heteroatoms. The first-order chi connectivity index (χ1) is 5.43. The number of hydrogen-bond donors (Lipinski definition) is 0. The van der Waals surface area contributed by atoms with Crippen molar-refractivity contribution in [3.63, 3.8) is 0 Å². The van der Waals surface area contributed by atoms with Crippen molar-refractivity contribution in [2.45, 2.75) is 26.2 Å². The Hall–Kier alpha value is 0.734. The minimum Gasteiger partial charge on any atom is -1.00 e. The Morgan fingerprint density at radius 3 is 2.77 bits per heavy atom. The van der Waals surface area contributed by atoms with E-state index in [1.807, 2.05) is 0 Å². The Labute approximate surface area is 102 Å². The summed E-state index contributed by atoms with van der Waals surface area (Å²) in [4.78, 5) is 0. The molecule has 0 aliphatic heterocycles. The van der Waals surface area contributed by atoms with Crippen molar-refractivity contribution >= 4 is 0 Å². The molecule has 1 rings (SSSR count). The van der Waals surface area contributed by atoms with Gasteiger partial charge in [-0.3, -0.25) is 0 Å². The maximum atomic E-state index is 5.57. The monoisotopic (exact) mass is 256 g/mol. The minimum absolute atomic E-state index is 0. The molecule has 0 saturated heterocycles. The van der Waals surface area contributed by atoms with Crippen LogP contribution in [0.15, 0.2) is 22.1 Å². The zero-order valence-corrected chi connectivity index (χ0v) is 10.8. The summed E-state index contributed by atoms with van der Waals surface area (Å²) in [5, 5.41) is 0. The van der Waals surface area contributed by atoms with Crippen molar-refractivity contribution in [1.29, 1.82) is 0 Å². The third-order valence-corrected chi connectivity index (χ3v) is 3.11. The van der Waals surface area contributed by atoms with E-state index < -0.39 is 0 Å². The van der Waals surface area contributed by atoms with Crippen LogP contribution >= 0.6 is 0 Å². The molecule has 0 aromatic heterocycles. The summed E-state index contributed by atoms with van der Waals surface area (Å²) in [7, 11) is 0. The van der Waals surface area contributed by atoms with Crippen LogP contribution < -0.4 is 24.8 Å². The van der Waals surface area contributed by atoms with Gasteiger partial charge in [-0.15, -0.1) is 0 Å². The molecule has 0 spiro atoms. The molecular weight excluding hydrogens is 243 g/mol. The van der Waals surface area contributed by atoms with Crippen LogP contribution in [0.4, 0.5) is 0 Å². The Bertz CT molecular complexity index is 169. The van der Waals surface area contributed by atoms with Crippen LogP contribution in [0, 0.1) is 0 Å². The summed E-state index contributed by atoms with van der Waals surface area (Å²) in [5.74, 6) is 0. The fourth-order valence-corrected chi connectivity index (χ4v) is 2.13. The fourth-order valence-electron chi connectivity index (χ4n) is 0.883. The standard InChI is InChI=1S/C5H5.C4H9O.2ClH.Ti/c1-2-4-5-3-1;1-2-3-4-5;;;/h1-3H,4H2;2-4H2,1H3;2*1H;/q;-1;;;+3/p-2. The summed E-state index contributed by atoms with van der Waals surface area (Å²) < 4.78 is 7.10. The van der Waals surface area contributed by atoms with Gasteiger partial charge in [0.1, 0.15) is 0 Å². The average molecular weight is 257 g/mol. The second-order valence-electron chi connectivity index (χ2n) is 2.63. The Balaban J connectivity index is 0. The summed E-state index contributed by atoms with van der Waals surface area (Å²) in [5.41, 5.74) is 0. The molecule has 0 atom stereocenters. The minimum atomic E-state index is -0.218. The second kappa shape index (κ2) is 10.8. The normalized spacial score (nSPS) is 12.5. The van der Waals surface area contributed by atoms with Gasteiger partial charge in [-0.25, -0.2) is 0 Å². The topological polar surface area (TPSA) is 9.23 Å². The van der Waals surface area contributed by atoms with Crippen LogP contribution in [0.3, 0.4) is 0 Å². The van der Waals surface area contributed by atoms with Gasteiger partial charge < -0.3 is 24.8 Å². The molecule has 1 aliphatic rings. The van der Waals surface area contributed by atoms with E-state index in [0.717, 1.165) is 13.0 Å². The number of unbranched alkanes of at least 4 members (excludes halogenated alkanes) is 1. The van der Waals surface area contributed by atoms with E-state index >= 15 is 0 Å². The molecule has 74 valence electrons. The molecule has 0 saturated carbocycles. The molecule has 1 aliphatic carbocycles. The number of allylic oxidation sites excluding steroid dienone is 4. The van der Waals surface area contributed by atoms with Gasteiger partial charge in [0.25, 0.3) is 0 Å². The van der Waals surface area contributed by atoms with Crippen molar-refractivity contribution in [1.82, 2.24) is 0 Å². The number of hydrogen-bond acceptors (Lipinski definition) is 1. The third kappa shape index (κ3) is 7.78. The van der Waals surface area contributed by atoms with E-state index in [0.29, 0.717) is 0 Å². The first-order valence-corrected chi connectivity index (χ1v) is 5.59. The van der Waals surface area contributed by atoms with Crippen LogP contribution in [0.1, 0.15) is 26.2 Å². The number of halogens is 2. The first-order valence-electron chi connectivity index (χ1n) is 4.17. The predicted molar refractivity (Wildman–Crippen MR) is 42.7 cm³/mol. The van der Waals surface area contributed by atoms with Crippen LogP contribution in [-0.2, 0) is 22.9 Å². The van der Waals surface area contributed by atoms with Gasteiger partial charge in [-0.1, -0.05) is 0 Å². The molecule has 0 aromatic rings. The molecule has 1 nitrogen and oxygen atoms in total. The summed E-state index contributed by atoms with van der Waals surface area (Å²) in [6.07, 6.45) is 10.1. The zero-order chi connectivity index (χ0) is 7.94. The van der Waals surface area contributed by atoms with Crippen molar-refractivity contribution < 1.29 is 47.7 Å². The van der Waals surface area contributed by atoms with Crippen molar-refractivity contribution in [2.75, 3.05) is 6.61 Å². The molecule has 0 amide bonds. The van der Waals surface area contributed by atoms with Gasteiger partial charge >= 0.3 is 77.8 Å². The number of rotatable bonds is 5. The van der Waals surface area contributed by atoms with Crippen LogP contribution in [0.2, 0.25) is 0 Å². The Kier molecular flexibility index (Phi) is 13.5. The van der Waals surface area contributed by atoms with Crippen LogP contribution in [0.25, 0.3) is 0 Å². The predicted octanol–water partition coefficient (Wildman–Crippen LogP) is -3.35. The molecule has 0 bridgehead atoms. The van der Waals surface area contributed by atoms with Gasteiger partial charge in [0.15, 0.2) is 0 Å². The fraction of sp³-hybridized carbons (Fsp3) is 0.556. The second-order valence-corrected chi connectivity index (χ2v) is 4.40. The van der Waals surface area contributed by atoms with Crippen LogP contribution in [-0.4, -0.2) is 6.61 Å². The Morgan fingerprint density at radius 1 is 1.46 bits per heavy atom. The SMILES string of the molecule is CCCC[O][Ti+2][C]1=CC=CC1.[Cl-].[Cl-]. The van der Waals surface area contributed by atoms with Gasteiger partial charge in [0, 0.05) is 0 Å². The van der Waals surface area contributed by atoms with Gasteiger partial charge in [0.05, 0.1) is 0 Å². The van der Waals surface area contributed by atoms with Crippen molar-refractivity contribution in [2.24, 2.45) is 0 Å². The van der Waals surface area contributed by atoms with Gasteiger partial charge in [0.2, 0.25) is 0 Å². The smallest absolute Gasteiger partial charge is 1.00 e. The molecule has 0 heterocycles. The van der Waals surface area contributed by atoms with E-state index in [-0.39, 0.29) is 44.4 Å². The molecule has 0 fully saturated rings. The Morgan fingerprint density at radius 2 is 2.23 bits per heavy atom. The molecule has 0 aromatic carbocycles. The summed E-state index contributed by atoms with van der Waals surface area (Å²) in [6, 6.07) is 0. The van der Waals surface area contributed by atoms with Gasteiger partial charge in [-0.2, -0.15) is 0 Å². The van der Waals surface area contributed by atoms with Gasteiger partial charge in [-0.05, 0) is 0 Å². The van der Waals surface area contributed by atoms with Crippen LogP contribution in [0.5, 0.6) is 0 Å². The summed E-state index contributed by atoms with van der Waals surface area (Å²) >= 11 is -0.218. The first kappa shape index (κ1) is 16.2. The van der Waals surface area contributed by atoms with Crippen molar-refractivity contribution in [3.05, 3.63) is 22.1 Å². The van der Waals surface area contributed by atoms with Crippen molar-refractivity contribution in [3.8, 4) is 0 Å². The molecule has 0 radical (unpaired) electrons. The average Bonchev–Trinajstić information content (AvgIpc) is 2.50. The molecule has 13 heavy (non-hydrogen) atoms. The largest absolute Gasteiger partial charge is 1.00 e. The van der Waals surface area contributed by atoms with E-state index in [2.05, 4.69) is 25.2 Å². The van der Waals surface area contributed by atoms with E-state index in [4.69, 9.17) is 3.32 Å². The maximum Gasteiger partial charge on any atom is -1.00 e. The molecule has 0 unspecified atom stereocenters. The third-order valence-electron chi connectivity index (χ3n) is 1.57. The summed E-state index contributed by atoms with van der Waals surface area (Å²) in [6.45, 7) is 3.16. The molecular formula is C9H14Cl2OTi. The van der Waals surface area contributed by atoms with E-state index in [1.165, 1.54) is 16.7 Å². The maximum absolute atomic E-state index is 5.57. The van der Waals surface area contributed by atoms with E-state index in [9.17, 15) is 0 Å². The zero-order valence-electron chi connectivity index (χ0n) is 7.72. The molecule has 0 N–H and O–H groups in total. The quantitative estimate of drug-likeness (QED) is 0.369.